The van der Waals surface area contributed by atoms with E-state index in [9.17, 15) is 0 Å². The molecule has 0 aliphatic rings. The Labute approximate surface area is 171 Å². The second-order valence-corrected chi connectivity index (χ2v) is 6.69. The number of hydrogen-bond acceptors (Lipinski definition) is 7. The molecular formula is C22H26N4O3. The summed E-state index contributed by atoms with van der Waals surface area (Å²) >= 11 is 0. The normalized spacial score (nSPS) is 10.6. The van der Waals surface area contributed by atoms with Gasteiger partial charge in [-0.25, -0.2) is 9.97 Å². The second-order valence-electron chi connectivity index (χ2n) is 6.69. The SMILES string of the molecule is COc1ccc(OC)c(Nc2cc(Nc3ccc(OC(C)C)cc3)nc(C)n2)c1. The van der Waals surface area contributed by atoms with Gasteiger partial charge in [0.2, 0.25) is 0 Å². The van der Waals surface area contributed by atoms with E-state index in [4.69, 9.17) is 14.2 Å². The lowest BCUT2D eigenvalue weighted by molar-refractivity contribution is 0.242. The first-order chi connectivity index (χ1) is 14.0. The number of anilines is 4. The third kappa shape index (κ3) is 5.51. The predicted octanol–water partition coefficient (Wildman–Crippen LogP) is 5.08. The lowest BCUT2D eigenvalue weighted by atomic mass is 10.2. The molecule has 3 aromatic rings. The van der Waals surface area contributed by atoms with Gasteiger partial charge in [0.05, 0.1) is 26.0 Å². The molecule has 0 fully saturated rings. The summed E-state index contributed by atoms with van der Waals surface area (Å²) in [7, 11) is 3.25. The highest BCUT2D eigenvalue weighted by atomic mass is 16.5. The molecule has 0 atom stereocenters. The summed E-state index contributed by atoms with van der Waals surface area (Å²) in [4.78, 5) is 8.94. The van der Waals surface area contributed by atoms with Gasteiger partial charge in [0.25, 0.3) is 0 Å². The minimum Gasteiger partial charge on any atom is -0.497 e. The molecule has 3 rings (SSSR count). The number of nitrogens with zero attached hydrogens (tertiary/aromatic N) is 2. The molecule has 0 radical (unpaired) electrons. The molecule has 2 N–H and O–H groups in total. The van der Waals surface area contributed by atoms with Crippen LogP contribution in [0.25, 0.3) is 0 Å². The molecule has 1 aromatic heterocycles. The van der Waals surface area contributed by atoms with E-state index in [0.717, 1.165) is 22.9 Å². The minimum atomic E-state index is 0.139. The number of hydrogen-bond donors (Lipinski definition) is 2. The number of nitrogens with one attached hydrogen (secondary N) is 2. The van der Waals surface area contributed by atoms with Gasteiger partial charge >= 0.3 is 0 Å². The average molecular weight is 394 g/mol. The van der Waals surface area contributed by atoms with Crippen LogP contribution in [0, 0.1) is 6.92 Å². The first-order valence-corrected chi connectivity index (χ1v) is 9.35. The van der Waals surface area contributed by atoms with E-state index in [1.165, 1.54) is 0 Å². The van der Waals surface area contributed by atoms with E-state index in [0.29, 0.717) is 23.2 Å². The molecule has 152 valence electrons. The molecule has 7 nitrogen and oxygen atoms in total. The molecule has 0 saturated carbocycles. The Morgan fingerprint density at radius 3 is 2.07 bits per heavy atom. The van der Waals surface area contributed by atoms with Crippen LogP contribution in [0.4, 0.5) is 23.0 Å². The topological polar surface area (TPSA) is 77.5 Å². The second kappa shape index (κ2) is 9.14. The Balaban J connectivity index is 1.80. The molecule has 0 aliphatic carbocycles. The largest absolute Gasteiger partial charge is 0.497 e. The first-order valence-electron chi connectivity index (χ1n) is 9.35. The summed E-state index contributed by atoms with van der Waals surface area (Å²) in [5, 5.41) is 6.58. The summed E-state index contributed by atoms with van der Waals surface area (Å²) < 4.78 is 16.4. The van der Waals surface area contributed by atoms with Crippen molar-refractivity contribution in [2.75, 3.05) is 24.9 Å². The molecule has 7 heteroatoms. The maximum Gasteiger partial charge on any atom is 0.142 e. The Morgan fingerprint density at radius 1 is 0.793 bits per heavy atom. The quantitative estimate of drug-likeness (QED) is 0.552. The molecule has 1 heterocycles. The van der Waals surface area contributed by atoms with E-state index < -0.39 is 0 Å². The van der Waals surface area contributed by atoms with Gasteiger partial charge < -0.3 is 24.8 Å². The number of ether oxygens (including phenoxy) is 3. The van der Waals surface area contributed by atoms with Crippen molar-refractivity contribution >= 4 is 23.0 Å². The van der Waals surface area contributed by atoms with Crippen molar-refractivity contribution in [2.45, 2.75) is 26.9 Å². The van der Waals surface area contributed by atoms with Crippen LogP contribution in [0.5, 0.6) is 17.2 Å². The van der Waals surface area contributed by atoms with Crippen molar-refractivity contribution in [3.05, 3.63) is 54.4 Å². The fourth-order valence-electron chi connectivity index (χ4n) is 2.78. The lowest BCUT2D eigenvalue weighted by Crippen LogP contribution is -2.05. The van der Waals surface area contributed by atoms with Crippen LogP contribution in [0.2, 0.25) is 0 Å². The lowest BCUT2D eigenvalue weighted by Gasteiger charge is -2.14. The van der Waals surface area contributed by atoms with E-state index in [1.54, 1.807) is 14.2 Å². The number of aromatic nitrogens is 2. The van der Waals surface area contributed by atoms with Crippen molar-refractivity contribution in [1.29, 1.82) is 0 Å². The van der Waals surface area contributed by atoms with Gasteiger partial charge in [-0.05, 0) is 57.2 Å². The maximum atomic E-state index is 5.68. The van der Waals surface area contributed by atoms with Gasteiger partial charge in [0, 0.05) is 17.8 Å². The van der Waals surface area contributed by atoms with Crippen molar-refractivity contribution in [3.63, 3.8) is 0 Å². The first kappa shape index (κ1) is 20.3. The molecule has 29 heavy (non-hydrogen) atoms. The number of benzene rings is 2. The zero-order valence-corrected chi connectivity index (χ0v) is 17.3. The Hall–Kier alpha value is -3.48. The number of aryl methyl sites for hydroxylation is 1. The Bertz CT molecular complexity index is 959. The highest BCUT2D eigenvalue weighted by Crippen LogP contribution is 2.31. The fraction of sp³-hybridized carbons (Fsp3) is 0.273. The molecule has 0 amide bonds. The molecule has 0 bridgehead atoms. The van der Waals surface area contributed by atoms with Crippen LogP contribution >= 0.6 is 0 Å². The standard InChI is InChI=1S/C22H26N4O3/c1-14(2)29-17-8-6-16(7-9-17)25-21-13-22(24-15(3)23-21)26-19-12-18(27-4)10-11-20(19)28-5/h6-14H,1-5H3,(H2,23,24,25,26). The Morgan fingerprint density at radius 2 is 1.45 bits per heavy atom. The summed E-state index contributed by atoms with van der Waals surface area (Å²) in [6.07, 6.45) is 0.139. The van der Waals surface area contributed by atoms with Crippen LogP contribution < -0.4 is 24.8 Å². The van der Waals surface area contributed by atoms with Gasteiger partial charge in [-0.1, -0.05) is 0 Å². The van der Waals surface area contributed by atoms with Crippen LogP contribution in [-0.4, -0.2) is 30.3 Å². The monoisotopic (exact) mass is 394 g/mol. The predicted molar refractivity (Wildman–Crippen MR) is 115 cm³/mol. The van der Waals surface area contributed by atoms with Gasteiger partial charge in [-0.2, -0.15) is 0 Å². The van der Waals surface area contributed by atoms with Crippen LogP contribution in [-0.2, 0) is 0 Å². The molecule has 0 spiro atoms. The summed E-state index contributed by atoms with van der Waals surface area (Å²) in [5.41, 5.74) is 1.66. The van der Waals surface area contributed by atoms with Crippen molar-refractivity contribution in [3.8, 4) is 17.2 Å². The molecule has 0 aliphatic heterocycles. The summed E-state index contributed by atoms with van der Waals surface area (Å²) in [6, 6.07) is 15.1. The minimum absolute atomic E-state index is 0.139. The van der Waals surface area contributed by atoms with Gasteiger partial charge in [0.15, 0.2) is 0 Å². The third-order valence-corrected chi connectivity index (χ3v) is 4.01. The van der Waals surface area contributed by atoms with Gasteiger partial charge in [0.1, 0.15) is 34.7 Å². The number of methoxy groups -OCH3 is 2. The molecule has 0 unspecified atom stereocenters. The number of rotatable bonds is 8. The van der Waals surface area contributed by atoms with Crippen LogP contribution in [0.15, 0.2) is 48.5 Å². The molecule has 2 aromatic carbocycles. The molecule has 0 saturated heterocycles. The van der Waals surface area contributed by atoms with Crippen molar-refractivity contribution in [2.24, 2.45) is 0 Å². The average Bonchev–Trinajstić information content (AvgIpc) is 2.68. The smallest absolute Gasteiger partial charge is 0.142 e. The van der Waals surface area contributed by atoms with Crippen molar-refractivity contribution < 1.29 is 14.2 Å². The van der Waals surface area contributed by atoms with E-state index in [1.807, 2.05) is 69.3 Å². The zero-order valence-electron chi connectivity index (χ0n) is 17.3. The van der Waals surface area contributed by atoms with Gasteiger partial charge in [-0.3, -0.25) is 0 Å². The van der Waals surface area contributed by atoms with E-state index in [-0.39, 0.29) is 6.10 Å². The highest BCUT2D eigenvalue weighted by Gasteiger charge is 2.09. The van der Waals surface area contributed by atoms with Crippen LogP contribution in [0.3, 0.4) is 0 Å². The van der Waals surface area contributed by atoms with E-state index >= 15 is 0 Å². The summed E-state index contributed by atoms with van der Waals surface area (Å²) in [5.74, 6) is 4.21. The van der Waals surface area contributed by atoms with E-state index in [2.05, 4.69) is 20.6 Å². The van der Waals surface area contributed by atoms with Crippen molar-refractivity contribution in [1.82, 2.24) is 9.97 Å². The zero-order chi connectivity index (χ0) is 20.8. The fourth-order valence-corrected chi connectivity index (χ4v) is 2.78. The third-order valence-electron chi connectivity index (χ3n) is 4.01. The maximum absolute atomic E-state index is 5.68. The Kier molecular flexibility index (Phi) is 6.39. The highest BCUT2D eigenvalue weighted by molar-refractivity contribution is 5.68. The van der Waals surface area contributed by atoms with Crippen LogP contribution in [0.1, 0.15) is 19.7 Å². The molecular weight excluding hydrogens is 368 g/mol. The van der Waals surface area contributed by atoms with Gasteiger partial charge in [-0.15, -0.1) is 0 Å². The summed E-state index contributed by atoms with van der Waals surface area (Å²) in [6.45, 7) is 5.85.